The van der Waals surface area contributed by atoms with Crippen LogP contribution in [0.25, 0.3) is 0 Å². The molecule has 0 atom stereocenters. The van der Waals surface area contributed by atoms with Gasteiger partial charge < -0.3 is 10.5 Å². The average molecular weight is 142 g/mol. The SMILES string of the molecule is [B]COC(C)(C)C(C)(C)[NH3+]. The normalized spacial score (nSPS) is 13.7. The Morgan fingerprint density at radius 3 is 1.80 bits per heavy atom. The van der Waals surface area contributed by atoms with E-state index in [4.69, 9.17) is 12.6 Å². The fourth-order valence-corrected chi connectivity index (χ4v) is 0.404. The Hall–Kier alpha value is -0.0151. The van der Waals surface area contributed by atoms with Crippen LogP contribution in [0.5, 0.6) is 0 Å². The van der Waals surface area contributed by atoms with Gasteiger partial charge in [0, 0.05) is 6.51 Å². The lowest BCUT2D eigenvalue weighted by molar-refractivity contribution is -0.499. The average Bonchev–Trinajstić information content (AvgIpc) is 1.61. The minimum absolute atomic E-state index is 0.105. The second-order valence-corrected chi connectivity index (χ2v) is 3.71. The molecule has 3 heteroatoms. The molecule has 0 aromatic rings. The van der Waals surface area contributed by atoms with Gasteiger partial charge in [-0.15, -0.1) is 0 Å². The van der Waals surface area contributed by atoms with Gasteiger partial charge in [0.1, 0.15) is 19.0 Å². The summed E-state index contributed by atoms with van der Waals surface area (Å²) < 4.78 is 5.31. The molecule has 0 saturated carbocycles. The van der Waals surface area contributed by atoms with E-state index in [9.17, 15) is 0 Å². The van der Waals surface area contributed by atoms with Crippen molar-refractivity contribution in [3.63, 3.8) is 0 Å². The summed E-state index contributed by atoms with van der Waals surface area (Å²) in [6.07, 6.45) is 0. The van der Waals surface area contributed by atoms with Crippen molar-refractivity contribution in [3.05, 3.63) is 0 Å². The van der Waals surface area contributed by atoms with Crippen molar-refractivity contribution in [3.8, 4) is 0 Å². The summed E-state index contributed by atoms with van der Waals surface area (Å²) in [6.45, 7) is 8.30. The zero-order valence-electron chi connectivity index (χ0n) is 7.40. The second-order valence-electron chi connectivity index (χ2n) is 3.71. The van der Waals surface area contributed by atoms with Gasteiger partial charge in [-0.1, -0.05) is 0 Å². The predicted molar refractivity (Wildman–Crippen MR) is 42.8 cm³/mol. The van der Waals surface area contributed by atoms with E-state index in [1.54, 1.807) is 0 Å². The molecule has 0 unspecified atom stereocenters. The number of quaternary nitrogens is 1. The first-order chi connectivity index (χ1) is 4.31. The van der Waals surface area contributed by atoms with E-state index in [0.717, 1.165) is 0 Å². The minimum Gasteiger partial charge on any atom is -0.379 e. The maximum absolute atomic E-state index is 5.31. The summed E-state index contributed by atoms with van der Waals surface area (Å²) in [5.74, 6) is 0. The third-order valence-corrected chi connectivity index (χ3v) is 2.07. The highest BCUT2D eigenvalue weighted by molar-refractivity contribution is 6.08. The van der Waals surface area contributed by atoms with E-state index in [2.05, 4.69) is 5.73 Å². The quantitative estimate of drug-likeness (QED) is 0.550. The van der Waals surface area contributed by atoms with Crippen LogP contribution in [0.4, 0.5) is 0 Å². The maximum atomic E-state index is 5.31. The molecule has 2 nitrogen and oxygen atoms in total. The van der Waals surface area contributed by atoms with Gasteiger partial charge in [-0.05, 0) is 27.7 Å². The molecule has 0 amide bonds. The molecular formula is C7H17BNO+. The summed E-state index contributed by atoms with van der Waals surface area (Å²) in [7, 11) is 5.26. The monoisotopic (exact) mass is 142 g/mol. The zero-order chi connectivity index (χ0) is 8.41. The van der Waals surface area contributed by atoms with Gasteiger partial charge in [0.05, 0.1) is 0 Å². The highest BCUT2D eigenvalue weighted by atomic mass is 16.5. The van der Waals surface area contributed by atoms with Gasteiger partial charge in [0.25, 0.3) is 0 Å². The maximum Gasteiger partial charge on any atom is 0.118 e. The van der Waals surface area contributed by atoms with Crippen molar-refractivity contribution in [2.24, 2.45) is 0 Å². The molecule has 0 saturated heterocycles. The van der Waals surface area contributed by atoms with E-state index in [1.165, 1.54) is 0 Å². The van der Waals surface area contributed by atoms with Crippen LogP contribution in [0.3, 0.4) is 0 Å². The largest absolute Gasteiger partial charge is 0.379 e. The van der Waals surface area contributed by atoms with Gasteiger partial charge >= 0.3 is 0 Å². The van der Waals surface area contributed by atoms with Crippen LogP contribution in [0.15, 0.2) is 0 Å². The first-order valence-corrected chi connectivity index (χ1v) is 3.50. The van der Waals surface area contributed by atoms with Crippen LogP contribution in [-0.2, 0) is 4.74 Å². The summed E-state index contributed by atoms with van der Waals surface area (Å²) in [4.78, 5) is 0. The first kappa shape index (κ1) is 9.98. The lowest BCUT2D eigenvalue weighted by atomic mass is 9.86. The third kappa shape index (κ3) is 2.31. The third-order valence-electron chi connectivity index (χ3n) is 2.07. The zero-order valence-corrected chi connectivity index (χ0v) is 7.40. The van der Waals surface area contributed by atoms with E-state index in [1.807, 2.05) is 27.7 Å². The summed E-state index contributed by atoms with van der Waals surface area (Å²) in [6, 6.07) is 0. The van der Waals surface area contributed by atoms with E-state index in [-0.39, 0.29) is 17.6 Å². The molecule has 0 rings (SSSR count). The van der Waals surface area contributed by atoms with Crippen LogP contribution in [0.2, 0.25) is 0 Å². The Balaban J connectivity index is 4.10. The predicted octanol–water partition coefficient (Wildman–Crippen LogP) is -0.0719. The van der Waals surface area contributed by atoms with Crippen LogP contribution in [-0.4, -0.2) is 25.5 Å². The molecular weight excluding hydrogens is 125 g/mol. The summed E-state index contributed by atoms with van der Waals surface area (Å²) >= 11 is 0. The Morgan fingerprint density at radius 2 is 1.70 bits per heavy atom. The smallest absolute Gasteiger partial charge is 0.118 e. The molecule has 2 radical (unpaired) electrons. The number of hydrogen-bond acceptors (Lipinski definition) is 1. The van der Waals surface area contributed by atoms with Crippen LogP contribution in [0.1, 0.15) is 27.7 Å². The highest BCUT2D eigenvalue weighted by Gasteiger charge is 2.37. The fraction of sp³-hybridized carbons (Fsp3) is 1.00. The highest BCUT2D eigenvalue weighted by Crippen LogP contribution is 2.19. The standard InChI is InChI=1S/C7H16BNO/c1-6(2,9)7(3,4)10-5-8/h5,9H2,1-4H3/p+1. The van der Waals surface area contributed by atoms with Crippen molar-refractivity contribution in [1.82, 2.24) is 0 Å². The molecule has 0 aliphatic rings. The minimum atomic E-state index is -0.248. The molecule has 0 aromatic carbocycles. The molecule has 58 valence electrons. The van der Waals surface area contributed by atoms with Crippen LogP contribution in [0, 0.1) is 0 Å². The lowest BCUT2D eigenvalue weighted by Crippen LogP contribution is -2.78. The number of ether oxygens (including phenoxy) is 1. The Kier molecular flexibility index (Phi) is 2.92. The molecule has 0 bridgehead atoms. The van der Waals surface area contributed by atoms with Gasteiger partial charge in [-0.25, -0.2) is 0 Å². The van der Waals surface area contributed by atoms with Crippen molar-refractivity contribution in [2.45, 2.75) is 38.8 Å². The Labute approximate surface area is 64.5 Å². The van der Waals surface area contributed by atoms with E-state index >= 15 is 0 Å². The molecule has 0 fully saturated rings. The molecule has 10 heavy (non-hydrogen) atoms. The van der Waals surface area contributed by atoms with Crippen molar-refractivity contribution >= 4 is 7.85 Å². The van der Waals surface area contributed by atoms with Crippen molar-refractivity contribution in [2.75, 3.05) is 6.51 Å². The molecule has 0 aliphatic carbocycles. The first-order valence-electron chi connectivity index (χ1n) is 3.50. The van der Waals surface area contributed by atoms with Crippen LogP contribution >= 0.6 is 0 Å². The number of rotatable bonds is 3. The van der Waals surface area contributed by atoms with Gasteiger partial charge in [-0.2, -0.15) is 0 Å². The van der Waals surface area contributed by atoms with Gasteiger partial charge in [0.15, 0.2) is 0 Å². The summed E-state index contributed by atoms with van der Waals surface area (Å²) in [5.41, 5.74) is 3.63. The van der Waals surface area contributed by atoms with E-state index < -0.39 is 0 Å². The summed E-state index contributed by atoms with van der Waals surface area (Å²) in [5, 5.41) is 0. The van der Waals surface area contributed by atoms with Crippen molar-refractivity contribution in [1.29, 1.82) is 0 Å². The second kappa shape index (κ2) is 2.93. The molecule has 3 N–H and O–H groups in total. The molecule has 0 aliphatic heterocycles. The van der Waals surface area contributed by atoms with Crippen LogP contribution < -0.4 is 5.73 Å². The topological polar surface area (TPSA) is 36.9 Å². The van der Waals surface area contributed by atoms with Gasteiger partial charge in [-0.3, -0.25) is 0 Å². The molecule has 0 spiro atoms. The molecule has 0 heterocycles. The van der Waals surface area contributed by atoms with Crippen molar-refractivity contribution < 1.29 is 10.5 Å². The lowest BCUT2D eigenvalue weighted by Gasteiger charge is -2.34. The Morgan fingerprint density at radius 1 is 1.30 bits per heavy atom. The molecule has 0 aromatic heterocycles. The fourth-order valence-electron chi connectivity index (χ4n) is 0.404. The van der Waals surface area contributed by atoms with Gasteiger partial charge in [0.2, 0.25) is 0 Å². The van der Waals surface area contributed by atoms with E-state index in [0.29, 0.717) is 0 Å². The number of hydrogen-bond donors (Lipinski definition) is 1. The Bertz CT molecular complexity index is 107.